The van der Waals surface area contributed by atoms with Gasteiger partial charge < -0.3 is 19.5 Å². The molecule has 0 unspecified atom stereocenters. The zero-order valence-corrected chi connectivity index (χ0v) is 14.9. The highest BCUT2D eigenvalue weighted by molar-refractivity contribution is 6.05. The molecule has 1 aromatic carbocycles. The number of benzene rings is 1. The fraction of sp³-hybridized carbons (Fsp3) is 0.500. The van der Waals surface area contributed by atoms with Crippen LogP contribution in [0.15, 0.2) is 12.1 Å². The van der Waals surface area contributed by atoms with Crippen molar-refractivity contribution in [3.8, 4) is 11.5 Å². The summed E-state index contributed by atoms with van der Waals surface area (Å²) in [5.41, 5.74) is 0.726. The quantitative estimate of drug-likeness (QED) is 0.606. The van der Waals surface area contributed by atoms with Gasteiger partial charge in [0.25, 0.3) is 0 Å². The molecule has 26 heavy (non-hydrogen) atoms. The standard InChI is InChI=1S/C18H22N2O6/c1-3-24-18(23)14-5-4-6-20(14)9-17(22)19-13-8-16-15(25-10-26-16)7-12(13)11(2)21/h7-8,14H,3-6,9-10H2,1-2H3,(H,19,22)/t14-/m1/s1. The lowest BCUT2D eigenvalue weighted by Crippen LogP contribution is -2.41. The van der Waals surface area contributed by atoms with Crippen LogP contribution in [0.1, 0.15) is 37.0 Å². The van der Waals surface area contributed by atoms with E-state index >= 15 is 0 Å². The van der Waals surface area contributed by atoms with Crippen LogP contribution in [0.5, 0.6) is 11.5 Å². The third-order valence-corrected chi connectivity index (χ3v) is 4.44. The summed E-state index contributed by atoms with van der Waals surface area (Å²) in [5.74, 6) is 0.169. The monoisotopic (exact) mass is 362 g/mol. The van der Waals surface area contributed by atoms with Crippen molar-refractivity contribution in [3.05, 3.63) is 17.7 Å². The van der Waals surface area contributed by atoms with Gasteiger partial charge in [-0.2, -0.15) is 0 Å². The Morgan fingerprint density at radius 2 is 2.00 bits per heavy atom. The summed E-state index contributed by atoms with van der Waals surface area (Å²) in [6.45, 7) is 4.28. The molecule has 0 bridgehead atoms. The second-order valence-electron chi connectivity index (χ2n) is 6.24. The first-order chi connectivity index (χ1) is 12.5. The normalized spacial score (nSPS) is 18.6. The van der Waals surface area contributed by atoms with Gasteiger partial charge in [0.1, 0.15) is 6.04 Å². The number of esters is 1. The molecule has 2 aliphatic rings. The predicted octanol–water partition coefficient (Wildman–Crippen LogP) is 1.58. The van der Waals surface area contributed by atoms with E-state index in [9.17, 15) is 14.4 Å². The highest BCUT2D eigenvalue weighted by Gasteiger charge is 2.33. The molecule has 0 radical (unpaired) electrons. The molecule has 1 fully saturated rings. The first kappa shape index (κ1) is 18.2. The molecule has 0 aliphatic carbocycles. The van der Waals surface area contributed by atoms with E-state index < -0.39 is 6.04 Å². The second kappa shape index (κ2) is 7.74. The second-order valence-corrected chi connectivity index (χ2v) is 6.24. The summed E-state index contributed by atoms with van der Waals surface area (Å²) in [4.78, 5) is 38.2. The topological polar surface area (TPSA) is 94.2 Å². The van der Waals surface area contributed by atoms with E-state index in [1.807, 2.05) is 0 Å². The lowest BCUT2D eigenvalue weighted by molar-refractivity contribution is -0.148. The van der Waals surface area contributed by atoms with Crippen LogP contribution >= 0.6 is 0 Å². The molecule has 1 saturated heterocycles. The van der Waals surface area contributed by atoms with Gasteiger partial charge in [0.15, 0.2) is 17.3 Å². The van der Waals surface area contributed by atoms with Crippen LogP contribution in [0.4, 0.5) is 5.69 Å². The van der Waals surface area contributed by atoms with E-state index in [1.54, 1.807) is 24.0 Å². The number of ether oxygens (including phenoxy) is 3. The van der Waals surface area contributed by atoms with Crippen LogP contribution in [0.3, 0.4) is 0 Å². The fourth-order valence-electron chi connectivity index (χ4n) is 3.23. The molecule has 2 aliphatic heterocycles. The molecular weight excluding hydrogens is 340 g/mol. The van der Waals surface area contributed by atoms with Gasteiger partial charge >= 0.3 is 5.97 Å². The number of hydrogen-bond donors (Lipinski definition) is 1. The highest BCUT2D eigenvalue weighted by atomic mass is 16.7. The van der Waals surface area contributed by atoms with Crippen molar-refractivity contribution < 1.29 is 28.6 Å². The van der Waals surface area contributed by atoms with Crippen LogP contribution in [-0.4, -0.2) is 55.1 Å². The van der Waals surface area contributed by atoms with E-state index in [2.05, 4.69) is 5.32 Å². The zero-order chi connectivity index (χ0) is 18.7. The summed E-state index contributed by atoms with van der Waals surface area (Å²) in [7, 11) is 0. The molecule has 0 aromatic heterocycles. The maximum atomic E-state index is 12.5. The van der Waals surface area contributed by atoms with Gasteiger partial charge in [-0.1, -0.05) is 0 Å². The van der Waals surface area contributed by atoms with Crippen molar-refractivity contribution in [3.63, 3.8) is 0 Å². The maximum Gasteiger partial charge on any atom is 0.323 e. The minimum absolute atomic E-state index is 0.0509. The number of rotatable bonds is 6. The van der Waals surface area contributed by atoms with Gasteiger partial charge in [-0.3, -0.25) is 19.3 Å². The lowest BCUT2D eigenvalue weighted by atomic mass is 10.1. The van der Waals surface area contributed by atoms with Crippen LogP contribution in [0, 0.1) is 0 Å². The van der Waals surface area contributed by atoms with E-state index in [-0.39, 0.29) is 31.0 Å². The van der Waals surface area contributed by atoms with Gasteiger partial charge in [-0.25, -0.2) is 0 Å². The Hall–Kier alpha value is -2.61. The van der Waals surface area contributed by atoms with Crippen molar-refractivity contribution in [2.75, 3.05) is 31.8 Å². The number of amides is 1. The number of carbonyl (C=O) groups is 3. The summed E-state index contributed by atoms with van der Waals surface area (Å²) < 4.78 is 15.7. The number of ketones is 1. The first-order valence-corrected chi connectivity index (χ1v) is 8.64. The van der Waals surface area contributed by atoms with E-state index in [0.717, 1.165) is 6.42 Å². The summed E-state index contributed by atoms with van der Waals surface area (Å²) in [6, 6.07) is 2.76. The van der Waals surface area contributed by atoms with Crippen molar-refractivity contribution in [1.29, 1.82) is 0 Å². The van der Waals surface area contributed by atoms with E-state index in [1.165, 1.54) is 6.92 Å². The average Bonchev–Trinajstić information content (AvgIpc) is 3.22. The van der Waals surface area contributed by atoms with Gasteiger partial charge in [0.2, 0.25) is 12.7 Å². The lowest BCUT2D eigenvalue weighted by Gasteiger charge is -2.22. The molecule has 1 N–H and O–H groups in total. The molecule has 3 rings (SSSR count). The molecule has 0 saturated carbocycles. The number of likely N-dealkylation sites (tertiary alicyclic amines) is 1. The number of anilines is 1. The molecule has 2 heterocycles. The Morgan fingerprint density at radius 3 is 2.69 bits per heavy atom. The Balaban J connectivity index is 1.70. The minimum Gasteiger partial charge on any atom is -0.465 e. The van der Waals surface area contributed by atoms with Crippen LogP contribution in [-0.2, 0) is 14.3 Å². The summed E-state index contributed by atoms with van der Waals surface area (Å²) in [5, 5.41) is 2.75. The number of Topliss-reactive ketones (excluding diaryl/α,β-unsaturated/α-hetero) is 1. The van der Waals surface area contributed by atoms with Crippen molar-refractivity contribution in [2.24, 2.45) is 0 Å². The number of nitrogens with zero attached hydrogens (tertiary/aromatic N) is 1. The number of nitrogens with one attached hydrogen (secondary N) is 1. The van der Waals surface area contributed by atoms with Crippen LogP contribution in [0.2, 0.25) is 0 Å². The van der Waals surface area contributed by atoms with E-state index in [0.29, 0.717) is 42.3 Å². The number of carbonyl (C=O) groups excluding carboxylic acids is 3. The molecule has 140 valence electrons. The molecule has 8 nitrogen and oxygen atoms in total. The highest BCUT2D eigenvalue weighted by Crippen LogP contribution is 2.37. The number of fused-ring (bicyclic) bond motifs is 1. The largest absolute Gasteiger partial charge is 0.465 e. The molecule has 1 amide bonds. The average molecular weight is 362 g/mol. The smallest absolute Gasteiger partial charge is 0.323 e. The van der Waals surface area contributed by atoms with E-state index in [4.69, 9.17) is 14.2 Å². The van der Waals surface area contributed by atoms with Gasteiger partial charge in [-0.05, 0) is 39.3 Å². The van der Waals surface area contributed by atoms with Crippen molar-refractivity contribution in [1.82, 2.24) is 4.90 Å². The molecular formula is C18H22N2O6. The summed E-state index contributed by atoms with van der Waals surface area (Å²) in [6.07, 6.45) is 1.51. The Labute approximate surface area is 151 Å². The minimum atomic E-state index is -0.398. The molecule has 8 heteroatoms. The first-order valence-electron chi connectivity index (χ1n) is 8.64. The van der Waals surface area contributed by atoms with Crippen LogP contribution in [0.25, 0.3) is 0 Å². The maximum absolute atomic E-state index is 12.5. The Kier molecular flexibility index (Phi) is 5.41. The number of hydrogen-bond acceptors (Lipinski definition) is 7. The third-order valence-electron chi connectivity index (χ3n) is 4.44. The van der Waals surface area contributed by atoms with Gasteiger partial charge in [0, 0.05) is 11.6 Å². The molecule has 1 aromatic rings. The summed E-state index contributed by atoms with van der Waals surface area (Å²) >= 11 is 0. The Morgan fingerprint density at radius 1 is 1.27 bits per heavy atom. The zero-order valence-electron chi connectivity index (χ0n) is 14.9. The predicted molar refractivity (Wildman–Crippen MR) is 92.4 cm³/mol. The SMILES string of the molecule is CCOC(=O)[C@H]1CCCN1CC(=O)Nc1cc2c(cc1C(C)=O)OCO2. The van der Waals surface area contributed by atoms with Crippen LogP contribution < -0.4 is 14.8 Å². The fourth-order valence-corrected chi connectivity index (χ4v) is 3.23. The third kappa shape index (κ3) is 3.80. The Bertz CT molecular complexity index is 733. The molecule has 1 atom stereocenters. The van der Waals surface area contributed by atoms with Gasteiger partial charge in [0.05, 0.1) is 18.8 Å². The molecule has 0 spiro atoms. The van der Waals surface area contributed by atoms with Crippen molar-refractivity contribution in [2.45, 2.75) is 32.7 Å². The van der Waals surface area contributed by atoms with Crippen molar-refractivity contribution >= 4 is 23.3 Å². The van der Waals surface area contributed by atoms with Gasteiger partial charge in [-0.15, -0.1) is 0 Å².